The summed E-state index contributed by atoms with van der Waals surface area (Å²) in [6, 6.07) is 14.7. The molecule has 1 heterocycles. The summed E-state index contributed by atoms with van der Waals surface area (Å²) in [7, 11) is -1.36. The molecule has 0 saturated heterocycles. The largest absolute Gasteiger partial charge is 0.366 e. The lowest BCUT2D eigenvalue weighted by molar-refractivity contribution is -0.116. The number of anilines is 1. The first kappa shape index (κ1) is 18.3. The smallest absolute Gasteiger partial charge is 0.248 e. The van der Waals surface area contributed by atoms with Gasteiger partial charge in [-0.25, -0.2) is 0 Å². The van der Waals surface area contributed by atoms with Gasteiger partial charge >= 0.3 is 0 Å². The number of nitrogens with two attached hydrogens (primary N) is 1. The Morgan fingerprint density at radius 3 is 2.73 bits per heavy atom. The lowest BCUT2D eigenvalue weighted by atomic mass is 9.97. The van der Waals surface area contributed by atoms with Gasteiger partial charge in [0.1, 0.15) is 5.75 Å². The van der Waals surface area contributed by atoms with E-state index in [1.807, 2.05) is 31.2 Å². The van der Waals surface area contributed by atoms with Gasteiger partial charge in [-0.05, 0) is 49.1 Å². The molecule has 6 heteroatoms. The summed E-state index contributed by atoms with van der Waals surface area (Å²) in [5.74, 6) is -0.475. The van der Waals surface area contributed by atoms with Crippen molar-refractivity contribution in [3.63, 3.8) is 0 Å². The summed E-state index contributed by atoms with van der Waals surface area (Å²) in [6.45, 7) is 2.02. The topological polar surface area (TPSA) is 80.5 Å². The molecule has 0 saturated carbocycles. The highest BCUT2D eigenvalue weighted by Gasteiger charge is 2.28. The van der Waals surface area contributed by atoms with E-state index in [1.54, 1.807) is 29.2 Å². The molecule has 5 nitrogen and oxygen atoms in total. The SMILES string of the molecule is C[C@H]1CCc2ccccc2N1C(=O)C[S@@](=O)Cc1cccc(C(N)=O)c1. The van der Waals surface area contributed by atoms with Crippen LogP contribution in [0.4, 0.5) is 5.69 Å². The summed E-state index contributed by atoms with van der Waals surface area (Å²) in [6.07, 6.45) is 1.85. The first-order valence-electron chi connectivity index (χ1n) is 8.59. The number of rotatable bonds is 5. The maximum absolute atomic E-state index is 12.8. The summed E-state index contributed by atoms with van der Waals surface area (Å²) in [4.78, 5) is 25.8. The minimum Gasteiger partial charge on any atom is -0.366 e. The molecular formula is C20H22N2O3S. The highest BCUT2D eigenvalue weighted by atomic mass is 32.2. The quantitative estimate of drug-likeness (QED) is 0.878. The first-order chi connectivity index (χ1) is 12.5. The Hall–Kier alpha value is -2.47. The summed E-state index contributed by atoms with van der Waals surface area (Å²) >= 11 is 0. The maximum atomic E-state index is 12.8. The van der Waals surface area contributed by atoms with E-state index in [2.05, 4.69) is 0 Å². The number of nitrogens with zero attached hydrogens (tertiary/aromatic N) is 1. The maximum Gasteiger partial charge on any atom is 0.248 e. The molecule has 26 heavy (non-hydrogen) atoms. The highest BCUT2D eigenvalue weighted by Crippen LogP contribution is 2.30. The summed E-state index contributed by atoms with van der Waals surface area (Å²) < 4.78 is 12.5. The second-order valence-corrected chi connectivity index (χ2v) is 8.03. The second-order valence-electron chi connectivity index (χ2n) is 6.57. The van der Waals surface area contributed by atoms with Crippen LogP contribution in [0.5, 0.6) is 0 Å². The van der Waals surface area contributed by atoms with Gasteiger partial charge in [0.2, 0.25) is 11.8 Å². The molecule has 0 aliphatic carbocycles. The van der Waals surface area contributed by atoms with E-state index in [9.17, 15) is 13.8 Å². The van der Waals surface area contributed by atoms with E-state index in [0.717, 1.165) is 29.7 Å². The van der Waals surface area contributed by atoms with Gasteiger partial charge in [0.15, 0.2) is 0 Å². The molecule has 0 bridgehead atoms. The van der Waals surface area contributed by atoms with Crippen LogP contribution in [0.2, 0.25) is 0 Å². The lowest BCUT2D eigenvalue weighted by Crippen LogP contribution is -2.44. The number of primary amides is 1. The summed E-state index contributed by atoms with van der Waals surface area (Å²) in [5.41, 5.74) is 8.46. The number of benzene rings is 2. The van der Waals surface area contributed by atoms with Crippen molar-refractivity contribution in [3.8, 4) is 0 Å². The molecule has 1 aliphatic rings. The average Bonchev–Trinajstić information content (AvgIpc) is 2.61. The van der Waals surface area contributed by atoms with Gasteiger partial charge in [-0.15, -0.1) is 0 Å². The minimum absolute atomic E-state index is 0.0422. The van der Waals surface area contributed by atoms with Crippen molar-refractivity contribution >= 4 is 28.3 Å². The molecule has 0 aromatic heterocycles. The molecular weight excluding hydrogens is 348 g/mol. The fraction of sp³-hybridized carbons (Fsp3) is 0.300. The van der Waals surface area contributed by atoms with Crippen LogP contribution in [0.3, 0.4) is 0 Å². The van der Waals surface area contributed by atoms with Crippen molar-refractivity contribution in [1.82, 2.24) is 0 Å². The number of aryl methyl sites for hydroxylation is 1. The fourth-order valence-electron chi connectivity index (χ4n) is 3.33. The van der Waals surface area contributed by atoms with E-state index < -0.39 is 16.7 Å². The summed E-state index contributed by atoms with van der Waals surface area (Å²) in [5, 5.41) is 0. The monoisotopic (exact) mass is 370 g/mol. The molecule has 2 amide bonds. The Morgan fingerprint density at radius 2 is 1.96 bits per heavy atom. The Labute approximate surface area is 155 Å². The molecule has 0 fully saturated rings. The Morgan fingerprint density at radius 1 is 1.19 bits per heavy atom. The minimum atomic E-state index is -1.36. The number of amides is 2. The number of fused-ring (bicyclic) bond motifs is 1. The molecule has 2 aromatic rings. The number of hydrogen-bond donors (Lipinski definition) is 1. The molecule has 1 aliphatic heterocycles. The zero-order valence-electron chi connectivity index (χ0n) is 14.7. The van der Waals surface area contributed by atoms with Gasteiger partial charge in [0.05, 0.1) is 0 Å². The molecule has 3 rings (SSSR count). The predicted molar refractivity (Wildman–Crippen MR) is 103 cm³/mol. The van der Waals surface area contributed by atoms with Gasteiger partial charge in [-0.2, -0.15) is 0 Å². The van der Waals surface area contributed by atoms with Crippen LogP contribution in [0.15, 0.2) is 48.5 Å². The standard InChI is InChI=1S/C20H22N2O3S/c1-14-9-10-16-6-2-3-8-18(16)22(14)19(23)13-26(25)12-15-5-4-7-17(11-15)20(21)24/h2-8,11,14H,9-10,12-13H2,1H3,(H2,21,24)/t14-,26-/m0/s1. The third-order valence-corrected chi connectivity index (χ3v) is 5.84. The molecule has 2 atom stereocenters. The second kappa shape index (κ2) is 7.83. The number of para-hydroxylation sites is 1. The van der Waals surface area contributed by atoms with Crippen LogP contribution in [-0.2, 0) is 27.8 Å². The van der Waals surface area contributed by atoms with Gasteiger partial charge < -0.3 is 10.6 Å². The number of carbonyl (C=O) groups is 2. The van der Waals surface area contributed by atoms with Crippen molar-refractivity contribution in [2.75, 3.05) is 10.7 Å². The van der Waals surface area contributed by atoms with Gasteiger partial charge in [0, 0.05) is 33.8 Å². The molecule has 0 spiro atoms. The fourth-order valence-corrected chi connectivity index (χ4v) is 4.39. The molecule has 2 aromatic carbocycles. The average molecular weight is 370 g/mol. The van der Waals surface area contributed by atoms with Crippen molar-refractivity contribution < 1.29 is 13.8 Å². The van der Waals surface area contributed by atoms with Crippen LogP contribution in [0, 0.1) is 0 Å². The normalized spacial score (nSPS) is 17.4. The van der Waals surface area contributed by atoms with E-state index in [4.69, 9.17) is 5.73 Å². The van der Waals surface area contributed by atoms with E-state index >= 15 is 0 Å². The van der Waals surface area contributed by atoms with Crippen molar-refractivity contribution in [2.45, 2.75) is 31.6 Å². The number of hydrogen-bond acceptors (Lipinski definition) is 3. The van der Waals surface area contributed by atoms with Crippen LogP contribution in [0.25, 0.3) is 0 Å². The predicted octanol–water partition coefficient (Wildman–Crippen LogP) is 2.40. The zero-order valence-corrected chi connectivity index (χ0v) is 15.5. The molecule has 0 radical (unpaired) electrons. The third-order valence-electron chi connectivity index (χ3n) is 4.62. The Balaban J connectivity index is 1.71. The highest BCUT2D eigenvalue weighted by molar-refractivity contribution is 7.84. The molecule has 2 N–H and O–H groups in total. The van der Waals surface area contributed by atoms with Gasteiger partial charge in [0.25, 0.3) is 0 Å². The first-order valence-corrected chi connectivity index (χ1v) is 10.1. The number of carbonyl (C=O) groups excluding carboxylic acids is 2. The van der Waals surface area contributed by atoms with Gasteiger partial charge in [-0.3, -0.25) is 13.8 Å². The van der Waals surface area contributed by atoms with Crippen LogP contribution in [0.1, 0.15) is 34.8 Å². The van der Waals surface area contributed by atoms with Crippen LogP contribution < -0.4 is 10.6 Å². The van der Waals surface area contributed by atoms with Crippen molar-refractivity contribution in [1.29, 1.82) is 0 Å². The third kappa shape index (κ3) is 4.02. The van der Waals surface area contributed by atoms with Crippen LogP contribution in [-0.4, -0.2) is 27.8 Å². The molecule has 136 valence electrons. The van der Waals surface area contributed by atoms with Gasteiger partial charge in [-0.1, -0.05) is 30.3 Å². The zero-order chi connectivity index (χ0) is 18.7. The van der Waals surface area contributed by atoms with E-state index in [0.29, 0.717) is 5.56 Å². The molecule has 0 unspecified atom stereocenters. The Kier molecular flexibility index (Phi) is 5.52. The van der Waals surface area contributed by atoms with Crippen LogP contribution >= 0.6 is 0 Å². The van der Waals surface area contributed by atoms with Crippen molar-refractivity contribution in [2.24, 2.45) is 5.73 Å². The van der Waals surface area contributed by atoms with Crippen molar-refractivity contribution in [3.05, 3.63) is 65.2 Å². The van der Waals surface area contributed by atoms with E-state index in [1.165, 1.54) is 0 Å². The lowest BCUT2D eigenvalue weighted by Gasteiger charge is -2.35. The van der Waals surface area contributed by atoms with E-state index in [-0.39, 0.29) is 23.5 Å². The Bertz CT molecular complexity index is 866.